The van der Waals surface area contributed by atoms with Crippen LogP contribution in [0.1, 0.15) is 12.0 Å². The molecule has 14 heavy (non-hydrogen) atoms. The summed E-state index contributed by atoms with van der Waals surface area (Å²) in [6, 6.07) is 2.95. The number of benzene rings is 1. The van der Waals surface area contributed by atoms with Gasteiger partial charge in [-0.05, 0) is 37.1 Å². The topological polar surface area (TPSA) is 35.2 Å². The number of methoxy groups -OCH3 is 1. The van der Waals surface area contributed by atoms with E-state index < -0.39 is 5.82 Å². The molecule has 4 heteroatoms. The lowest BCUT2D eigenvalue weighted by atomic mass is 10.1. The van der Waals surface area contributed by atoms with E-state index in [1.54, 1.807) is 6.07 Å². The number of rotatable bonds is 4. The molecule has 1 aromatic rings. The second kappa shape index (κ2) is 5.17. The third-order valence-electron chi connectivity index (χ3n) is 1.94. The number of hydrogen-bond acceptors (Lipinski definition) is 2. The second-order valence-corrected chi connectivity index (χ2v) is 3.41. The van der Waals surface area contributed by atoms with Gasteiger partial charge >= 0.3 is 0 Å². The Kier molecular flexibility index (Phi) is 4.17. The van der Waals surface area contributed by atoms with Gasteiger partial charge in [-0.1, -0.05) is 11.6 Å². The Bertz CT molecular complexity index is 317. The van der Waals surface area contributed by atoms with E-state index in [0.717, 1.165) is 12.0 Å². The van der Waals surface area contributed by atoms with Crippen molar-refractivity contribution >= 4 is 11.6 Å². The Morgan fingerprint density at radius 1 is 1.50 bits per heavy atom. The molecule has 2 N–H and O–H groups in total. The zero-order valence-corrected chi connectivity index (χ0v) is 8.77. The molecular weight excluding hydrogens is 205 g/mol. The van der Waals surface area contributed by atoms with E-state index in [1.165, 1.54) is 13.2 Å². The zero-order chi connectivity index (χ0) is 10.6. The maximum atomic E-state index is 13.3. The summed E-state index contributed by atoms with van der Waals surface area (Å²) in [5.74, 6) is -0.158. The van der Waals surface area contributed by atoms with Crippen LogP contribution in [0.2, 0.25) is 5.02 Å². The SMILES string of the molecule is COc1c(F)cc(Cl)cc1CCCN. The summed E-state index contributed by atoms with van der Waals surface area (Å²) in [5.41, 5.74) is 6.14. The van der Waals surface area contributed by atoms with E-state index >= 15 is 0 Å². The molecule has 1 rings (SSSR count). The molecule has 0 aliphatic heterocycles. The number of ether oxygens (including phenoxy) is 1. The first-order chi connectivity index (χ1) is 6.69. The molecule has 0 spiro atoms. The summed E-state index contributed by atoms with van der Waals surface area (Å²) >= 11 is 5.73. The van der Waals surface area contributed by atoms with Crippen LogP contribution in [0, 0.1) is 5.82 Å². The van der Waals surface area contributed by atoms with E-state index in [1.807, 2.05) is 0 Å². The molecule has 0 saturated carbocycles. The Hall–Kier alpha value is -0.800. The zero-order valence-electron chi connectivity index (χ0n) is 8.02. The molecule has 0 saturated heterocycles. The lowest BCUT2D eigenvalue weighted by Gasteiger charge is -2.09. The van der Waals surface area contributed by atoms with Crippen LogP contribution in [-0.2, 0) is 6.42 Å². The average molecular weight is 218 g/mol. The average Bonchev–Trinajstić information content (AvgIpc) is 2.14. The normalized spacial score (nSPS) is 10.3. The molecule has 0 aromatic heterocycles. The van der Waals surface area contributed by atoms with Crippen molar-refractivity contribution in [2.75, 3.05) is 13.7 Å². The first kappa shape index (κ1) is 11.3. The third-order valence-corrected chi connectivity index (χ3v) is 2.16. The van der Waals surface area contributed by atoms with Gasteiger partial charge in [0.2, 0.25) is 0 Å². The van der Waals surface area contributed by atoms with Gasteiger partial charge in [0.15, 0.2) is 11.6 Å². The quantitative estimate of drug-likeness (QED) is 0.841. The van der Waals surface area contributed by atoms with Crippen molar-refractivity contribution in [3.63, 3.8) is 0 Å². The Morgan fingerprint density at radius 2 is 2.21 bits per heavy atom. The van der Waals surface area contributed by atoms with Gasteiger partial charge in [0.05, 0.1) is 7.11 Å². The van der Waals surface area contributed by atoms with Gasteiger partial charge in [0.1, 0.15) is 0 Å². The van der Waals surface area contributed by atoms with Crippen LogP contribution in [-0.4, -0.2) is 13.7 Å². The van der Waals surface area contributed by atoms with Crippen molar-refractivity contribution in [3.8, 4) is 5.75 Å². The number of halogens is 2. The number of aryl methyl sites for hydroxylation is 1. The minimum atomic E-state index is -0.424. The van der Waals surface area contributed by atoms with Crippen molar-refractivity contribution in [3.05, 3.63) is 28.5 Å². The minimum absolute atomic E-state index is 0.267. The summed E-state index contributed by atoms with van der Waals surface area (Å²) < 4.78 is 18.3. The second-order valence-electron chi connectivity index (χ2n) is 2.97. The van der Waals surface area contributed by atoms with Crippen molar-refractivity contribution in [2.24, 2.45) is 5.73 Å². The van der Waals surface area contributed by atoms with Crippen LogP contribution in [0.5, 0.6) is 5.75 Å². The van der Waals surface area contributed by atoms with Gasteiger partial charge in [-0.25, -0.2) is 4.39 Å². The fraction of sp³-hybridized carbons (Fsp3) is 0.400. The minimum Gasteiger partial charge on any atom is -0.493 e. The molecule has 0 radical (unpaired) electrons. The number of hydrogen-bond donors (Lipinski definition) is 1. The van der Waals surface area contributed by atoms with E-state index in [9.17, 15) is 4.39 Å². The van der Waals surface area contributed by atoms with Gasteiger partial charge in [-0.3, -0.25) is 0 Å². The van der Waals surface area contributed by atoms with Gasteiger partial charge in [0, 0.05) is 5.02 Å². The van der Waals surface area contributed by atoms with Crippen LogP contribution in [0.25, 0.3) is 0 Å². The van der Waals surface area contributed by atoms with E-state index in [2.05, 4.69) is 0 Å². The first-order valence-electron chi connectivity index (χ1n) is 4.41. The largest absolute Gasteiger partial charge is 0.493 e. The van der Waals surface area contributed by atoms with Crippen LogP contribution in [0.15, 0.2) is 12.1 Å². The maximum Gasteiger partial charge on any atom is 0.166 e. The summed E-state index contributed by atoms with van der Waals surface area (Å²) in [4.78, 5) is 0. The van der Waals surface area contributed by atoms with Crippen molar-refractivity contribution in [1.29, 1.82) is 0 Å². The highest BCUT2D eigenvalue weighted by atomic mass is 35.5. The molecule has 0 amide bonds. The third kappa shape index (κ3) is 2.59. The van der Waals surface area contributed by atoms with Crippen molar-refractivity contribution in [2.45, 2.75) is 12.8 Å². The van der Waals surface area contributed by atoms with Crippen molar-refractivity contribution < 1.29 is 9.13 Å². The van der Waals surface area contributed by atoms with Crippen LogP contribution < -0.4 is 10.5 Å². The van der Waals surface area contributed by atoms with Crippen molar-refractivity contribution in [1.82, 2.24) is 0 Å². The lowest BCUT2D eigenvalue weighted by Crippen LogP contribution is -2.02. The maximum absolute atomic E-state index is 13.3. The van der Waals surface area contributed by atoms with Gasteiger partial charge < -0.3 is 10.5 Å². The molecular formula is C10H13ClFNO. The fourth-order valence-electron chi connectivity index (χ4n) is 1.32. The first-order valence-corrected chi connectivity index (χ1v) is 4.78. The molecule has 1 aromatic carbocycles. The molecule has 2 nitrogen and oxygen atoms in total. The van der Waals surface area contributed by atoms with Crippen LogP contribution in [0.4, 0.5) is 4.39 Å². The van der Waals surface area contributed by atoms with Gasteiger partial charge in [0.25, 0.3) is 0 Å². The highest BCUT2D eigenvalue weighted by molar-refractivity contribution is 6.30. The number of nitrogens with two attached hydrogens (primary N) is 1. The summed E-state index contributed by atoms with van der Waals surface area (Å²) in [6.45, 7) is 0.567. The van der Waals surface area contributed by atoms with E-state index in [-0.39, 0.29) is 5.75 Å². The van der Waals surface area contributed by atoms with E-state index in [0.29, 0.717) is 18.0 Å². The van der Waals surface area contributed by atoms with Crippen LogP contribution >= 0.6 is 11.6 Å². The molecule has 0 bridgehead atoms. The molecule has 78 valence electrons. The Balaban J connectivity index is 2.99. The van der Waals surface area contributed by atoms with Crippen LogP contribution in [0.3, 0.4) is 0 Å². The molecule has 0 atom stereocenters. The summed E-state index contributed by atoms with van der Waals surface area (Å²) in [5, 5.41) is 0.385. The van der Waals surface area contributed by atoms with Gasteiger partial charge in [-0.15, -0.1) is 0 Å². The Labute approximate surface area is 87.8 Å². The lowest BCUT2D eigenvalue weighted by molar-refractivity contribution is 0.381. The summed E-state index contributed by atoms with van der Waals surface area (Å²) in [6.07, 6.45) is 1.47. The molecule has 0 aliphatic rings. The monoisotopic (exact) mass is 217 g/mol. The molecule has 0 aliphatic carbocycles. The predicted molar refractivity (Wildman–Crippen MR) is 55.3 cm³/mol. The summed E-state index contributed by atoms with van der Waals surface area (Å²) in [7, 11) is 1.44. The highest BCUT2D eigenvalue weighted by Gasteiger charge is 2.10. The molecule has 0 heterocycles. The molecule has 0 unspecified atom stereocenters. The Morgan fingerprint density at radius 3 is 2.79 bits per heavy atom. The molecule has 0 fully saturated rings. The smallest absolute Gasteiger partial charge is 0.166 e. The standard InChI is InChI=1S/C10H13ClFNO/c1-14-10-7(3-2-4-13)5-8(11)6-9(10)12/h5-6H,2-4,13H2,1H3. The highest BCUT2D eigenvalue weighted by Crippen LogP contribution is 2.27. The van der Waals surface area contributed by atoms with E-state index in [4.69, 9.17) is 22.1 Å². The van der Waals surface area contributed by atoms with Gasteiger partial charge in [-0.2, -0.15) is 0 Å². The fourth-order valence-corrected chi connectivity index (χ4v) is 1.55. The predicted octanol–water partition coefficient (Wildman–Crippen LogP) is 2.38.